The molecule has 4 rings (SSSR count). The van der Waals surface area contributed by atoms with E-state index in [0.717, 1.165) is 6.42 Å². The third-order valence-corrected chi connectivity index (χ3v) is 6.08. The Hall–Kier alpha value is -3.20. The summed E-state index contributed by atoms with van der Waals surface area (Å²) in [5, 5.41) is 2.67. The summed E-state index contributed by atoms with van der Waals surface area (Å²) in [7, 11) is -3.77. The van der Waals surface area contributed by atoms with E-state index in [-0.39, 0.29) is 17.2 Å². The van der Waals surface area contributed by atoms with Crippen LogP contribution in [-0.4, -0.2) is 32.7 Å². The van der Waals surface area contributed by atoms with Gasteiger partial charge in [0.15, 0.2) is 0 Å². The van der Waals surface area contributed by atoms with Crippen molar-refractivity contribution in [2.45, 2.75) is 30.3 Å². The predicted molar refractivity (Wildman–Crippen MR) is 106 cm³/mol. The third kappa shape index (κ3) is 4.14. The Morgan fingerprint density at radius 3 is 2.79 bits per heavy atom. The standard InChI is InChI=1S/C20H19N3O5S/c24-19(12-17-15-7-1-2-8-16(15)20(25)28-17)22-13-5-3-6-14(11-13)29(26,27)23-18-9-4-10-21-18/h1-3,5-8,11,17H,4,9-10,12H2,(H,21,23)(H,22,24)/t17-/m1/s1. The Morgan fingerprint density at radius 1 is 1.17 bits per heavy atom. The van der Waals surface area contributed by atoms with E-state index in [0.29, 0.717) is 35.6 Å². The van der Waals surface area contributed by atoms with Crippen LogP contribution in [0.15, 0.2) is 58.4 Å². The normalized spacial score (nSPS) is 18.0. The van der Waals surface area contributed by atoms with E-state index in [2.05, 4.69) is 15.0 Å². The number of esters is 1. The van der Waals surface area contributed by atoms with Gasteiger partial charge in [-0.15, -0.1) is 0 Å². The summed E-state index contributed by atoms with van der Waals surface area (Å²) in [6, 6.07) is 12.9. The summed E-state index contributed by atoms with van der Waals surface area (Å²) in [4.78, 5) is 28.5. The van der Waals surface area contributed by atoms with Crippen LogP contribution in [0.5, 0.6) is 0 Å². The zero-order valence-corrected chi connectivity index (χ0v) is 16.2. The first-order chi connectivity index (χ1) is 13.9. The lowest BCUT2D eigenvalue weighted by molar-refractivity contribution is -0.118. The molecule has 0 aliphatic carbocycles. The maximum atomic E-state index is 12.5. The molecule has 0 saturated carbocycles. The van der Waals surface area contributed by atoms with Crippen molar-refractivity contribution in [1.29, 1.82) is 0 Å². The minimum absolute atomic E-state index is 0.0301. The maximum Gasteiger partial charge on any atom is 0.339 e. The molecular weight excluding hydrogens is 394 g/mol. The van der Waals surface area contributed by atoms with E-state index in [1.165, 1.54) is 12.1 Å². The fourth-order valence-electron chi connectivity index (χ4n) is 3.33. The number of nitrogens with zero attached hydrogens (tertiary/aromatic N) is 1. The van der Waals surface area contributed by atoms with Crippen LogP contribution in [0.2, 0.25) is 0 Å². The number of sulfonamides is 1. The molecule has 2 N–H and O–H groups in total. The molecule has 8 nitrogen and oxygen atoms in total. The molecule has 2 aliphatic rings. The SMILES string of the molecule is O=C(C[C@H]1OC(=O)c2ccccc21)Nc1cccc(S(=O)(=O)NC2=NCCC2)c1. The van der Waals surface area contributed by atoms with Gasteiger partial charge in [-0.1, -0.05) is 24.3 Å². The number of cyclic esters (lactones) is 1. The molecule has 2 aromatic carbocycles. The molecular formula is C20H19N3O5S. The monoisotopic (exact) mass is 413 g/mol. The molecule has 0 fully saturated rings. The quantitative estimate of drug-likeness (QED) is 0.731. The van der Waals surface area contributed by atoms with E-state index in [4.69, 9.17) is 4.74 Å². The van der Waals surface area contributed by atoms with Gasteiger partial charge >= 0.3 is 5.97 Å². The predicted octanol–water partition coefficient (Wildman–Crippen LogP) is 2.40. The molecule has 2 aromatic rings. The van der Waals surface area contributed by atoms with Crippen molar-refractivity contribution >= 4 is 33.4 Å². The highest BCUT2D eigenvalue weighted by Crippen LogP contribution is 2.33. The van der Waals surface area contributed by atoms with Crippen LogP contribution >= 0.6 is 0 Å². The molecule has 0 aromatic heterocycles. The zero-order chi connectivity index (χ0) is 20.4. The Labute approximate surface area is 168 Å². The summed E-state index contributed by atoms with van der Waals surface area (Å²) in [5.74, 6) is -0.393. The molecule has 0 bridgehead atoms. The van der Waals surface area contributed by atoms with Gasteiger partial charge in [0, 0.05) is 24.2 Å². The van der Waals surface area contributed by atoms with Crippen LogP contribution in [0.3, 0.4) is 0 Å². The van der Waals surface area contributed by atoms with Gasteiger partial charge < -0.3 is 10.1 Å². The molecule has 0 spiro atoms. The van der Waals surface area contributed by atoms with E-state index in [1.807, 2.05) is 0 Å². The zero-order valence-electron chi connectivity index (χ0n) is 15.4. The van der Waals surface area contributed by atoms with E-state index in [9.17, 15) is 18.0 Å². The van der Waals surface area contributed by atoms with Gasteiger partial charge in [-0.3, -0.25) is 14.5 Å². The number of rotatable bonds is 5. The highest BCUT2D eigenvalue weighted by Gasteiger charge is 2.32. The summed E-state index contributed by atoms with van der Waals surface area (Å²) in [6.07, 6.45) is 0.696. The Kier molecular flexibility index (Phi) is 5.06. The minimum Gasteiger partial charge on any atom is -0.453 e. The minimum atomic E-state index is -3.77. The lowest BCUT2D eigenvalue weighted by atomic mass is 10.0. The highest BCUT2D eigenvalue weighted by atomic mass is 32.2. The third-order valence-electron chi connectivity index (χ3n) is 4.70. The fraction of sp³-hybridized carbons (Fsp3) is 0.250. The van der Waals surface area contributed by atoms with Gasteiger partial charge in [0.25, 0.3) is 10.0 Å². The van der Waals surface area contributed by atoms with Crippen molar-refractivity contribution in [2.24, 2.45) is 4.99 Å². The Balaban J connectivity index is 1.44. The number of amides is 1. The molecule has 0 unspecified atom stereocenters. The van der Waals surface area contributed by atoms with E-state index in [1.54, 1.807) is 36.4 Å². The molecule has 9 heteroatoms. The average Bonchev–Trinajstić information content (AvgIpc) is 3.30. The molecule has 1 amide bonds. The number of fused-ring (bicyclic) bond motifs is 1. The van der Waals surface area contributed by atoms with Crippen LogP contribution in [0.25, 0.3) is 0 Å². The highest BCUT2D eigenvalue weighted by molar-refractivity contribution is 7.90. The number of benzene rings is 2. The number of ether oxygens (including phenoxy) is 1. The number of amidine groups is 1. The second kappa shape index (κ2) is 7.67. The van der Waals surface area contributed by atoms with Gasteiger partial charge in [-0.2, -0.15) is 0 Å². The molecule has 2 heterocycles. The van der Waals surface area contributed by atoms with Crippen LogP contribution in [0, 0.1) is 0 Å². The summed E-state index contributed by atoms with van der Waals surface area (Å²) >= 11 is 0. The number of nitrogens with one attached hydrogen (secondary N) is 2. The fourth-order valence-corrected chi connectivity index (χ4v) is 4.46. The molecule has 2 aliphatic heterocycles. The van der Waals surface area contributed by atoms with Gasteiger partial charge in [0.1, 0.15) is 11.9 Å². The summed E-state index contributed by atoms with van der Waals surface area (Å²) < 4.78 is 32.8. The topological polar surface area (TPSA) is 114 Å². The van der Waals surface area contributed by atoms with Crippen LogP contribution in [-0.2, 0) is 19.6 Å². The number of carbonyl (C=O) groups is 2. The van der Waals surface area contributed by atoms with Crippen molar-refractivity contribution in [2.75, 3.05) is 11.9 Å². The first-order valence-electron chi connectivity index (χ1n) is 9.18. The largest absolute Gasteiger partial charge is 0.453 e. The number of hydrogen-bond acceptors (Lipinski definition) is 6. The lowest BCUT2D eigenvalue weighted by Gasteiger charge is -2.12. The van der Waals surface area contributed by atoms with E-state index < -0.39 is 22.1 Å². The first-order valence-corrected chi connectivity index (χ1v) is 10.7. The van der Waals surface area contributed by atoms with E-state index >= 15 is 0 Å². The van der Waals surface area contributed by atoms with Gasteiger partial charge in [-0.25, -0.2) is 13.2 Å². The van der Waals surface area contributed by atoms with Crippen molar-refractivity contribution in [3.05, 3.63) is 59.7 Å². The van der Waals surface area contributed by atoms with Crippen molar-refractivity contribution in [3.8, 4) is 0 Å². The first kappa shape index (κ1) is 19.1. The summed E-state index contributed by atoms with van der Waals surface area (Å²) in [5.41, 5.74) is 1.47. The van der Waals surface area contributed by atoms with Crippen LogP contribution in [0.1, 0.15) is 41.3 Å². The summed E-state index contributed by atoms with van der Waals surface area (Å²) in [6.45, 7) is 0.614. The molecule has 1 atom stereocenters. The van der Waals surface area contributed by atoms with Crippen LogP contribution in [0.4, 0.5) is 5.69 Å². The van der Waals surface area contributed by atoms with Gasteiger partial charge in [0.05, 0.1) is 16.9 Å². The maximum absolute atomic E-state index is 12.5. The Bertz CT molecular complexity index is 1110. The molecule has 29 heavy (non-hydrogen) atoms. The van der Waals surface area contributed by atoms with Crippen molar-refractivity contribution in [1.82, 2.24) is 4.72 Å². The smallest absolute Gasteiger partial charge is 0.339 e. The molecule has 150 valence electrons. The second-order valence-corrected chi connectivity index (χ2v) is 8.48. The van der Waals surface area contributed by atoms with Crippen LogP contribution < -0.4 is 10.0 Å². The Morgan fingerprint density at radius 2 is 2.00 bits per heavy atom. The van der Waals surface area contributed by atoms with Crippen molar-refractivity contribution in [3.63, 3.8) is 0 Å². The molecule has 0 radical (unpaired) electrons. The van der Waals surface area contributed by atoms with Crippen molar-refractivity contribution < 1.29 is 22.7 Å². The molecule has 0 saturated heterocycles. The average molecular weight is 413 g/mol. The number of aliphatic imine (C=N–C) groups is 1. The number of anilines is 1. The number of carbonyl (C=O) groups excluding carboxylic acids is 2. The second-order valence-electron chi connectivity index (χ2n) is 6.80. The lowest BCUT2D eigenvalue weighted by Crippen LogP contribution is -2.29. The van der Waals surface area contributed by atoms with Gasteiger partial charge in [-0.05, 0) is 30.7 Å². The van der Waals surface area contributed by atoms with Gasteiger partial charge in [0.2, 0.25) is 5.91 Å². The number of hydrogen-bond donors (Lipinski definition) is 2.